The highest BCUT2D eigenvalue weighted by Gasteiger charge is 2.19. The monoisotopic (exact) mass is 249 g/mol. The van der Waals surface area contributed by atoms with Crippen molar-refractivity contribution in [3.8, 4) is 0 Å². The molecule has 0 aliphatic carbocycles. The second-order valence-corrected chi connectivity index (χ2v) is 5.12. The molecule has 4 N–H and O–H groups in total. The summed E-state index contributed by atoms with van der Waals surface area (Å²) in [7, 11) is 0. The van der Waals surface area contributed by atoms with E-state index in [1.807, 2.05) is 6.07 Å². The van der Waals surface area contributed by atoms with Crippen molar-refractivity contribution in [2.24, 2.45) is 10.9 Å². The number of hydrogen-bond acceptors (Lipinski definition) is 3. The van der Waals surface area contributed by atoms with Crippen LogP contribution in [-0.4, -0.2) is 24.1 Å². The first-order valence-corrected chi connectivity index (χ1v) is 6.29. The maximum absolute atomic E-state index is 8.41. The Hall–Kier alpha value is -1.55. The Morgan fingerprint density at radius 2 is 2.00 bits per heavy atom. The minimum absolute atomic E-state index is 0.109. The second-order valence-electron chi connectivity index (χ2n) is 5.12. The first-order valence-electron chi connectivity index (χ1n) is 6.29. The van der Waals surface area contributed by atoms with Crippen LogP contribution in [-0.2, 0) is 5.41 Å². The van der Waals surface area contributed by atoms with E-state index >= 15 is 0 Å². The standard InChI is InChI=1S/C14H23N3O/c1-14(2,12-7-4-3-5-8-12)11-16-10-6-9-13(15)17-18/h3-5,7-8,16,18H,6,9-11H2,1-2H3,(H2,15,17). The van der Waals surface area contributed by atoms with E-state index in [0.29, 0.717) is 12.3 Å². The summed E-state index contributed by atoms with van der Waals surface area (Å²) in [4.78, 5) is 0. The maximum Gasteiger partial charge on any atom is 0.139 e. The van der Waals surface area contributed by atoms with E-state index in [4.69, 9.17) is 10.9 Å². The van der Waals surface area contributed by atoms with Gasteiger partial charge in [0.2, 0.25) is 0 Å². The molecule has 0 atom stereocenters. The normalized spacial score (nSPS) is 12.7. The smallest absolute Gasteiger partial charge is 0.139 e. The first-order chi connectivity index (χ1) is 8.56. The highest BCUT2D eigenvalue weighted by atomic mass is 16.4. The van der Waals surface area contributed by atoms with Gasteiger partial charge in [0.15, 0.2) is 0 Å². The molecule has 0 amide bonds. The van der Waals surface area contributed by atoms with Crippen molar-refractivity contribution >= 4 is 5.84 Å². The minimum Gasteiger partial charge on any atom is -0.409 e. The van der Waals surface area contributed by atoms with E-state index in [1.165, 1.54) is 5.56 Å². The van der Waals surface area contributed by atoms with Crippen molar-refractivity contribution in [1.29, 1.82) is 0 Å². The summed E-state index contributed by atoms with van der Waals surface area (Å²) in [6.07, 6.45) is 1.50. The Morgan fingerprint density at radius 1 is 1.33 bits per heavy atom. The lowest BCUT2D eigenvalue weighted by Crippen LogP contribution is -2.33. The molecule has 0 aliphatic rings. The molecule has 0 aliphatic heterocycles. The van der Waals surface area contributed by atoms with Gasteiger partial charge in [-0.3, -0.25) is 0 Å². The number of hydrogen-bond donors (Lipinski definition) is 3. The van der Waals surface area contributed by atoms with E-state index in [9.17, 15) is 0 Å². The van der Waals surface area contributed by atoms with Crippen LogP contribution in [0.1, 0.15) is 32.3 Å². The van der Waals surface area contributed by atoms with Crippen LogP contribution in [0.15, 0.2) is 35.5 Å². The zero-order valence-corrected chi connectivity index (χ0v) is 11.2. The van der Waals surface area contributed by atoms with Gasteiger partial charge in [0.05, 0.1) is 0 Å². The minimum atomic E-state index is 0.109. The molecular formula is C14H23N3O. The third kappa shape index (κ3) is 4.75. The first kappa shape index (κ1) is 14.5. The van der Waals surface area contributed by atoms with Crippen LogP contribution in [0, 0.1) is 0 Å². The van der Waals surface area contributed by atoms with Crippen LogP contribution >= 0.6 is 0 Å². The molecule has 0 fully saturated rings. The lowest BCUT2D eigenvalue weighted by molar-refractivity contribution is 0.316. The van der Waals surface area contributed by atoms with Crippen molar-refractivity contribution in [2.45, 2.75) is 32.1 Å². The molecule has 0 spiro atoms. The summed E-state index contributed by atoms with van der Waals surface area (Å²) in [6, 6.07) is 10.5. The fraction of sp³-hybridized carbons (Fsp3) is 0.500. The molecule has 4 nitrogen and oxygen atoms in total. The number of oxime groups is 1. The van der Waals surface area contributed by atoms with Crippen LogP contribution in [0.4, 0.5) is 0 Å². The lowest BCUT2D eigenvalue weighted by Gasteiger charge is -2.25. The zero-order valence-electron chi connectivity index (χ0n) is 11.2. The van der Waals surface area contributed by atoms with Gasteiger partial charge in [-0.2, -0.15) is 0 Å². The van der Waals surface area contributed by atoms with Gasteiger partial charge in [-0.05, 0) is 18.5 Å². The summed E-state index contributed by atoms with van der Waals surface area (Å²) >= 11 is 0. The van der Waals surface area contributed by atoms with Crippen molar-refractivity contribution in [2.75, 3.05) is 13.1 Å². The summed E-state index contributed by atoms with van der Waals surface area (Å²) in [6.45, 7) is 6.22. The number of nitrogens with two attached hydrogens (primary N) is 1. The molecule has 100 valence electrons. The molecule has 1 aromatic carbocycles. The van der Waals surface area contributed by atoms with Crippen LogP contribution in [0.5, 0.6) is 0 Å². The van der Waals surface area contributed by atoms with E-state index < -0.39 is 0 Å². The fourth-order valence-corrected chi connectivity index (χ4v) is 1.84. The molecule has 4 heteroatoms. The lowest BCUT2D eigenvalue weighted by atomic mass is 9.84. The average molecular weight is 249 g/mol. The van der Waals surface area contributed by atoms with Crippen molar-refractivity contribution < 1.29 is 5.21 Å². The number of amidine groups is 1. The molecular weight excluding hydrogens is 226 g/mol. The zero-order chi connectivity index (χ0) is 13.4. The van der Waals surface area contributed by atoms with E-state index in [-0.39, 0.29) is 5.41 Å². The van der Waals surface area contributed by atoms with Gasteiger partial charge in [-0.1, -0.05) is 49.3 Å². The number of nitrogens with one attached hydrogen (secondary N) is 1. The molecule has 0 aromatic heterocycles. The van der Waals surface area contributed by atoms with Gasteiger partial charge in [0, 0.05) is 18.4 Å². The largest absolute Gasteiger partial charge is 0.409 e. The summed E-state index contributed by atoms with van der Waals surface area (Å²) < 4.78 is 0. The SMILES string of the molecule is CC(C)(CNCCCC(N)=NO)c1ccccc1. The Kier molecular flexibility index (Phi) is 5.65. The van der Waals surface area contributed by atoms with E-state index in [2.05, 4.69) is 48.6 Å². The van der Waals surface area contributed by atoms with Crippen molar-refractivity contribution in [1.82, 2.24) is 5.32 Å². The Morgan fingerprint density at radius 3 is 2.61 bits per heavy atom. The van der Waals surface area contributed by atoms with Gasteiger partial charge in [0.25, 0.3) is 0 Å². The van der Waals surface area contributed by atoms with Crippen LogP contribution < -0.4 is 11.1 Å². The molecule has 0 radical (unpaired) electrons. The van der Waals surface area contributed by atoms with E-state index in [1.54, 1.807) is 0 Å². The average Bonchev–Trinajstić information content (AvgIpc) is 2.39. The topological polar surface area (TPSA) is 70.6 Å². The van der Waals surface area contributed by atoms with Gasteiger partial charge >= 0.3 is 0 Å². The third-order valence-corrected chi connectivity index (χ3v) is 3.04. The molecule has 0 heterocycles. The Labute approximate surface area is 109 Å². The fourth-order valence-electron chi connectivity index (χ4n) is 1.84. The number of rotatable bonds is 7. The predicted molar refractivity (Wildman–Crippen MR) is 75.0 cm³/mol. The summed E-state index contributed by atoms with van der Waals surface area (Å²) in [5, 5.41) is 14.8. The quantitative estimate of drug-likeness (QED) is 0.228. The molecule has 0 unspecified atom stereocenters. The van der Waals surface area contributed by atoms with Crippen LogP contribution in [0.25, 0.3) is 0 Å². The maximum atomic E-state index is 8.41. The van der Waals surface area contributed by atoms with Gasteiger partial charge < -0.3 is 16.3 Å². The van der Waals surface area contributed by atoms with Gasteiger partial charge in [0.1, 0.15) is 5.84 Å². The number of benzene rings is 1. The molecule has 0 saturated heterocycles. The molecule has 18 heavy (non-hydrogen) atoms. The van der Waals surface area contributed by atoms with Gasteiger partial charge in [-0.15, -0.1) is 0 Å². The Balaban J connectivity index is 2.30. The third-order valence-electron chi connectivity index (χ3n) is 3.04. The predicted octanol–water partition coefficient (Wildman–Crippen LogP) is 2.08. The molecule has 1 rings (SSSR count). The molecule has 0 bridgehead atoms. The Bertz CT molecular complexity index is 374. The second kappa shape index (κ2) is 7.01. The molecule has 1 aromatic rings. The van der Waals surface area contributed by atoms with Crippen molar-refractivity contribution in [3.63, 3.8) is 0 Å². The molecule has 0 saturated carbocycles. The van der Waals surface area contributed by atoms with Crippen molar-refractivity contribution in [3.05, 3.63) is 35.9 Å². The summed E-state index contributed by atoms with van der Waals surface area (Å²) in [5.41, 5.74) is 6.84. The van der Waals surface area contributed by atoms with Crippen LogP contribution in [0.3, 0.4) is 0 Å². The van der Waals surface area contributed by atoms with Crippen LogP contribution in [0.2, 0.25) is 0 Å². The van der Waals surface area contributed by atoms with E-state index in [0.717, 1.165) is 19.5 Å². The highest BCUT2D eigenvalue weighted by molar-refractivity contribution is 5.79. The highest BCUT2D eigenvalue weighted by Crippen LogP contribution is 2.21. The summed E-state index contributed by atoms with van der Waals surface area (Å²) in [5.74, 6) is 0.291. The van der Waals surface area contributed by atoms with Gasteiger partial charge in [-0.25, -0.2) is 0 Å². The number of nitrogens with zero attached hydrogens (tertiary/aromatic N) is 1.